The van der Waals surface area contributed by atoms with Gasteiger partial charge in [0.2, 0.25) is 0 Å². The molecular formula is C21H30N4O3. The van der Waals surface area contributed by atoms with Gasteiger partial charge in [-0.15, -0.1) is 0 Å². The first kappa shape index (κ1) is 19.4. The van der Waals surface area contributed by atoms with Crippen LogP contribution in [0.3, 0.4) is 0 Å². The number of morpholine rings is 1. The molecule has 1 aliphatic heterocycles. The highest BCUT2D eigenvalue weighted by Gasteiger charge is 2.39. The predicted octanol–water partition coefficient (Wildman–Crippen LogP) is 1.57. The third kappa shape index (κ3) is 3.43. The number of aryl methyl sites for hydroxylation is 2. The number of aliphatic hydroxyl groups excluding tert-OH is 1. The zero-order valence-corrected chi connectivity index (χ0v) is 17.0. The Labute approximate surface area is 165 Å². The Morgan fingerprint density at radius 3 is 2.79 bits per heavy atom. The van der Waals surface area contributed by atoms with Crippen molar-refractivity contribution in [3.8, 4) is 0 Å². The molecule has 1 aromatic heterocycles. The van der Waals surface area contributed by atoms with Crippen molar-refractivity contribution < 1.29 is 14.6 Å². The minimum Gasteiger partial charge on any atom is -0.389 e. The lowest BCUT2D eigenvalue weighted by Gasteiger charge is -2.45. The summed E-state index contributed by atoms with van der Waals surface area (Å²) in [5, 5.41) is 11.1. The van der Waals surface area contributed by atoms with E-state index in [9.17, 15) is 9.90 Å². The number of fused-ring (bicyclic) bond motifs is 1. The number of rotatable bonds is 3. The summed E-state index contributed by atoms with van der Waals surface area (Å²) >= 11 is 0. The summed E-state index contributed by atoms with van der Waals surface area (Å²) in [7, 11) is 3.79. The second-order valence-electron chi connectivity index (χ2n) is 8.04. The van der Waals surface area contributed by atoms with E-state index >= 15 is 0 Å². The van der Waals surface area contributed by atoms with Gasteiger partial charge in [-0.2, -0.15) is 0 Å². The molecule has 4 rings (SSSR count). The van der Waals surface area contributed by atoms with Crippen LogP contribution in [0.25, 0.3) is 11.0 Å². The highest BCUT2D eigenvalue weighted by atomic mass is 16.5. The fourth-order valence-corrected chi connectivity index (χ4v) is 4.67. The molecule has 7 nitrogen and oxygen atoms in total. The number of amides is 1. The highest BCUT2D eigenvalue weighted by Crippen LogP contribution is 2.28. The van der Waals surface area contributed by atoms with Gasteiger partial charge >= 0.3 is 0 Å². The van der Waals surface area contributed by atoms with Crippen LogP contribution < -0.4 is 0 Å². The van der Waals surface area contributed by atoms with Crippen molar-refractivity contribution in [1.82, 2.24) is 19.4 Å². The molecule has 1 aromatic carbocycles. The van der Waals surface area contributed by atoms with Gasteiger partial charge in [-0.3, -0.25) is 9.69 Å². The molecule has 152 valence electrons. The quantitative estimate of drug-likeness (QED) is 0.867. The second kappa shape index (κ2) is 7.81. The largest absolute Gasteiger partial charge is 0.389 e. The standard InChI is InChI=1S/C21H30N4O3/c1-14-22-16-13-15(7-8-17(16)23(14)2)21(27)24(3)18-5-4-6-19(20(18)26)25-9-11-28-12-10-25/h7-8,13,18-20,26H,4-6,9-12H2,1-3H3/t18-,19-,20-/m1/s1. The lowest BCUT2D eigenvalue weighted by atomic mass is 9.86. The monoisotopic (exact) mass is 386 g/mol. The smallest absolute Gasteiger partial charge is 0.254 e. The molecule has 2 heterocycles. The molecule has 1 saturated carbocycles. The topological polar surface area (TPSA) is 70.8 Å². The number of carbonyl (C=O) groups is 1. The van der Waals surface area contributed by atoms with Crippen LogP contribution in [0, 0.1) is 6.92 Å². The third-order valence-corrected chi connectivity index (χ3v) is 6.47. The van der Waals surface area contributed by atoms with Crippen LogP contribution in [0.2, 0.25) is 0 Å². The van der Waals surface area contributed by atoms with Crippen LogP contribution in [0.1, 0.15) is 35.4 Å². The van der Waals surface area contributed by atoms with Gasteiger partial charge in [0.15, 0.2) is 0 Å². The molecule has 3 atom stereocenters. The fraction of sp³-hybridized carbons (Fsp3) is 0.619. The zero-order valence-electron chi connectivity index (χ0n) is 17.0. The molecule has 2 aromatic rings. The Morgan fingerprint density at radius 1 is 1.29 bits per heavy atom. The first-order valence-corrected chi connectivity index (χ1v) is 10.2. The van der Waals surface area contributed by atoms with Crippen LogP contribution in [0.4, 0.5) is 0 Å². The molecule has 0 unspecified atom stereocenters. The Morgan fingerprint density at radius 2 is 2.04 bits per heavy atom. The van der Waals surface area contributed by atoms with Crippen molar-refractivity contribution >= 4 is 16.9 Å². The molecule has 1 saturated heterocycles. The molecule has 0 radical (unpaired) electrons. The molecule has 0 spiro atoms. The Bertz CT molecular complexity index is 859. The lowest BCUT2D eigenvalue weighted by Crippen LogP contribution is -2.58. The van der Waals surface area contributed by atoms with Crippen molar-refractivity contribution in [2.75, 3.05) is 33.4 Å². The van der Waals surface area contributed by atoms with E-state index in [1.807, 2.05) is 43.8 Å². The Hall–Kier alpha value is -1.96. The summed E-state index contributed by atoms with van der Waals surface area (Å²) < 4.78 is 7.46. The number of hydrogen-bond donors (Lipinski definition) is 1. The SMILES string of the molecule is Cc1nc2cc(C(=O)N(C)[C@@H]3CCC[C@@H](N4CCOCC4)[C@@H]3O)ccc2n1C. The number of nitrogens with zero attached hydrogens (tertiary/aromatic N) is 4. The summed E-state index contributed by atoms with van der Waals surface area (Å²) in [6.45, 7) is 5.08. The molecule has 1 aliphatic carbocycles. The average Bonchev–Trinajstić information content (AvgIpc) is 3.01. The van der Waals surface area contributed by atoms with Gasteiger partial charge in [0.1, 0.15) is 5.82 Å². The number of carbonyl (C=O) groups excluding carboxylic acids is 1. The van der Waals surface area contributed by atoms with Crippen LogP contribution in [0.5, 0.6) is 0 Å². The van der Waals surface area contributed by atoms with E-state index in [1.54, 1.807) is 4.90 Å². The summed E-state index contributed by atoms with van der Waals surface area (Å²) in [5.41, 5.74) is 2.46. The predicted molar refractivity (Wildman–Crippen MR) is 107 cm³/mol. The Kier molecular flexibility index (Phi) is 5.40. The van der Waals surface area contributed by atoms with Crippen molar-refractivity contribution in [2.24, 2.45) is 7.05 Å². The number of aromatic nitrogens is 2. The zero-order chi connectivity index (χ0) is 19.8. The molecular weight excluding hydrogens is 356 g/mol. The summed E-state index contributed by atoms with van der Waals surface area (Å²) in [6.07, 6.45) is 2.27. The van der Waals surface area contributed by atoms with Gasteiger partial charge in [-0.05, 0) is 44.4 Å². The number of hydrogen-bond acceptors (Lipinski definition) is 5. The molecule has 0 bridgehead atoms. The summed E-state index contributed by atoms with van der Waals surface area (Å²) in [4.78, 5) is 21.7. The minimum absolute atomic E-state index is 0.0584. The average molecular weight is 386 g/mol. The minimum atomic E-state index is -0.540. The van der Waals surface area contributed by atoms with Crippen molar-refractivity contribution in [3.63, 3.8) is 0 Å². The van der Waals surface area contributed by atoms with Gasteiger partial charge in [-0.1, -0.05) is 0 Å². The number of ether oxygens (including phenoxy) is 1. The van der Waals surface area contributed by atoms with E-state index in [2.05, 4.69) is 9.88 Å². The summed E-state index contributed by atoms with van der Waals surface area (Å²) in [6, 6.07) is 5.59. The van der Waals surface area contributed by atoms with Gasteiger partial charge in [0, 0.05) is 38.8 Å². The van der Waals surface area contributed by atoms with Crippen LogP contribution in [-0.2, 0) is 11.8 Å². The first-order valence-electron chi connectivity index (χ1n) is 10.2. The van der Waals surface area contributed by atoms with E-state index in [0.717, 1.165) is 49.2 Å². The maximum Gasteiger partial charge on any atom is 0.254 e. The first-order chi connectivity index (χ1) is 13.5. The normalized spacial score (nSPS) is 26.5. The van der Waals surface area contributed by atoms with E-state index in [1.165, 1.54) is 0 Å². The number of likely N-dealkylation sites (N-methyl/N-ethyl adjacent to an activating group) is 1. The van der Waals surface area contributed by atoms with Gasteiger partial charge < -0.3 is 19.3 Å². The molecule has 28 heavy (non-hydrogen) atoms. The maximum atomic E-state index is 13.2. The van der Waals surface area contributed by atoms with E-state index in [0.29, 0.717) is 18.8 Å². The third-order valence-electron chi connectivity index (χ3n) is 6.47. The number of aliphatic hydroxyl groups is 1. The lowest BCUT2D eigenvalue weighted by molar-refractivity contribution is -0.0613. The van der Waals surface area contributed by atoms with Crippen LogP contribution >= 0.6 is 0 Å². The van der Waals surface area contributed by atoms with Crippen LogP contribution in [-0.4, -0.2) is 81.9 Å². The van der Waals surface area contributed by atoms with E-state index in [4.69, 9.17) is 4.74 Å². The highest BCUT2D eigenvalue weighted by molar-refractivity contribution is 5.97. The molecule has 1 amide bonds. The molecule has 1 N–H and O–H groups in total. The van der Waals surface area contributed by atoms with Crippen molar-refractivity contribution in [1.29, 1.82) is 0 Å². The maximum absolute atomic E-state index is 13.2. The molecule has 7 heteroatoms. The van der Waals surface area contributed by atoms with E-state index in [-0.39, 0.29) is 18.0 Å². The second-order valence-corrected chi connectivity index (χ2v) is 8.04. The fourth-order valence-electron chi connectivity index (χ4n) is 4.67. The van der Waals surface area contributed by atoms with Gasteiger partial charge in [0.25, 0.3) is 5.91 Å². The van der Waals surface area contributed by atoms with Crippen molar-refractivity contribution in [2.45, 2.75) is 44.4 Å². The molecule has 2 aliphatic rings. The van der Waals surface area contributed by atoms with Gasteiger partial charge in [0.05, 0.1) is 36.4 Å². The van der Waals surface area contributed by atoms with Crippen LogP contribution in [0.15, 0.2) is 18.2 Å². The molecule has 2 fully saturated rings. The Balaban J connectivity index is 1.52. The summed E-state index contributed by atoms with van der Waals surface area (Å²) in [5.74, 6) is 0.862. The van der Waals surface area contributed by atoms with Crippen molar-refractivity contribution in [3.05, 3.63) is 29.6 Å². The number of imidazole rings is 1. The number of benzene rings is 1. The van der Waals surface area contributed by atoms with Gasteiger partial charge in [-0.25, -0.2) is 4.98 Å². The van der Waals surface area contributed by atoms with E-state index < -0.39 is 6.10 Å².